The molecule has 0 aliphatic heterocycles. The Morgan fingerprint density at radius 1 is 1.10 bits per heavy atom. The van der Waals surface area contributed by atoms with Gasteiger partial charge in [-0.3, -0.25) is 14.4 Å². The molecule has 0 fully saturated rings. The molecule has 178 valence electrons. The first-order valence-electron chi connectivity index (χ1n) is 11.4. The van der Waals surface area contributed by atoms with Crippen LogP contribution in [-0.2, 0) is 19.1 Å². The molecular formula is C25H43NO5. The highest BCUT2D eigenvalue weighted by Gasteiger charge is 2.46. The summed E-state index contributed by atoms with van der Waals surface area (Å²) in [6.45, 7) is 18.3. The summed E-state index contributed by atoms with van der Waals surface area (Å²) in [6, 6.07) is 0. The molecule has 0 radical (unpaired) electrons. The van der Waals surface area contributed by atoms with Gasteiger partial charge in [0.15, 0.2) is 0 Å². The molecule has 0 spiro atoms. The Kier molecular flexibility index (Phi) is 8.93. The van der Waals surface area contributed by atoms with Crippen LogP contribution < -0.4 is 5.32 Å². The van der Waals surface area contributed by atoms with Crippen molar-refractivity contribution < 1.29 is 24.2 Å². The summed E-state index contributed by atoms with van der Waals surface area (Å²) >= 11 is 0. The van der Waals surface area contributed by atoms with Crippen LogP contribution in [0.2, 0.25) is 0 Å². The largest absolute Gasteiger partial charge is 0.481 e. The Morgan fingerprint density at radius 2 is 1.68 bits per heavy atom. The smallest absolute Gasteiger partial charge is 0.310 e. The van der Waals surface area contributed by atoms with Gasteiger partial charge in [0.1, 0.15) is 6.61 Å². The number of carbonyl (C=O) groups is 3. The Bertz CT molecular complexity index is 685. The zero-order valence-electron chi connectivity index (χ0n) is 20.9. The third-order valence-corrected chi connectivity index (χ3v) is 6.66. The molecule has 0 bridgehead atoms. The van der Waals surface area contributed by atoms with E-state index in [0.717, 1.165) is 12.8 Å². The van der Waals surface area contributed by atoms with Crippen molar-refractivity contribution >= 4 is 17.8 Å². The zero-order valence-corrected chi connectivity index (χ0v) is 20.9. The Hall–Kier alpha value is -1.85. The fourth-order valence-electron chi connectivity index (χ4n) is 4.44. The lowest BCUT2D eigenvalue weighted by molar-refractivity contribution is -0.159. The molecule has 0 aromatic carbocycles. The normalized spacial score (nSPS) is 23.0. The minimum Gasteiger partial charge on any atom is -0.481 e. The van der Waals surface area contributed by atoms with Crippen LogP contribution in [0.1, 0.15) is 75.2 Å². The molecule has 0 saturated carbocycles. The van der Waals surface area contributed by atoms with Crippen LogP contribution in [0.15, 0.2) is 12.2 Å². The van der Waals surface area contributed by atoms with Gasteiger partial charge in [-0.25, -0.2) is 0 Å². The molecular weight excluding hydrogens is 394 g/mol. The van der Waals surface area contributed by atoms with Crippen LogP contribution in [-0.4, -0.2) is 36.1 Å². The third-order valence-electron chi connectivity index (χ3n) is 6.66. The van der Waals surface area contributed by atoms with E-state index in [2.05, 4.69) is 46.9 Å². The fraction of sp³-hybridized carbons (Fsp3) is 0.800. The molecule has 31 heavy (non-hydrogen) atoms. The molecule has 0 saturated heterocycles. The number of carbonyl (C=O) groups excluding carboxylic acids is 2. The number of carboxylic acid groups (broad SMARTS) is 1. The summed E-state index contributed by atoms with van der Waals surface area (Å²) in [6.07, 6.45) is 5.41. The van der Waals surface area contributed by atoms with Crippen LogP contribution in [0.4, 0.5) is 0 Å². The van der Waals surface area contributed by atoms with Gasteiger partial charge in [-0.05, 0) is 35.5 Å². The molecule has 1 amide bonds. The first-order chi connectivity index (χ1) is 14.0. The molecule has 0 aromatic rings. The van der Waals surface area contributed by atoms with E-state index in [1.807, 2.05) is 26.0 Å². The molecule has 2 N–H and O–H groups in total. The van der Waals surface area contributed by atoms with E-state index in [0.29, 0.717) is 5.92 Å². The summed E-state index contributed by atoms with van der Waals surface area (Å²) in [5.41, 5.74) is -0.840. The maximum Gasteiger partial charge on any atom is 0.310 e. The minimum absolute atomic E-state index is 0.0159. The monoisotopic (exact) mass is 437 g/mol. The van der Waals surface area contributed by atoms with E-state index < -0.39 is 29.2 Å². The van der Waals surface area contributed by atoms with Gasteiger partial charge in [-0.2, -0.15) is 0 Å². The van der Waals surface area contributed by atoms with E-state index in [1.54, 1.807) is 6.92 Å². The Balaban J connectivity index is 2.73. The van der Waals surface area contributed by atoms with Crippen molar-refractivity contribution in [3.63, 3.8) is 0 Å². The standard InChI is InChI=1S/C25H43NO5/c1-16-10-11-18(14-16)19(17(2)20(27)28)21(29)31-13-12-26-22(30)25(9,24(6,7)8)15-23(3,4)5/h10-11,16-19H,12-15H2,1-9H3,(H,26,30)(H,27,28). The van der Waals surface area contributed by atoms with Crippen LogP contribution in [0, 0.1) is 39.9 Å². The number of hydrogen-bond acceptors (Lipinski definition) is 4. The number of aliphatic carboxylic acids is 1. The highest BCUT2D eigenvalue weighted by molar-refractivity contribution is 5.83. The van der Waals surface area contributed by atoms with Crippen LogP contribution >= 0.6 is 0 Å². The predicted octanol–water partition coefficient (Wildman–Crippen LogP) is 4.68. The quantitative estimate of drug-likeness (QED) is 0.310. The summed E-state index contributed by atoms with van der Waals surface area (Å²) in [5, 5.41) is 12.4. The van der Waals surface area contributed by atoms with Gasteiger partial charge in [0.05, 0.1) is 23.8 Å². The maximum absolute atomic E-state index is 13.1. The lowest BCUT2D eigenvalue weighted by atomic mass is 9.61. The average molecular weight is 438 g/mol. The molecule has 5 unspecified atom stereocenters. The highest BCUT2D eigenvalue weighted by Crippen LogP contribution is 2.46. The van der Waals surface area contributed by atoms with Crippen molar-refractivity contribution in [1.29, 1.82) is 0 Å². The van der Waals surface area contributed by atoms with E-state index in [1.165, 1.54) is 0 Å². The molecule has 1 rings (SSSR count). The number of rotatable bonds is 9. The van der Waals surface area contributed by atoms with Crippen molar-refractivity contribution in [2.45, 2.75) is 75.2 Å². The molecule has 5 atom stereocenters. The summed E-state index contributed by atoms with van der Waals surface area (Å²) in [7, 11) is 0. The van der Waals surface area contributed by atoms with Crippen molar-refractivity contribution in [3.8, 4) is 0 Å². The van der Waals surface area contributed by atoms with Gasteiger partial charge >= 0.3 is 11.9 Å². The van der Waals surface area contributed by atoms with Gasteiger partial charge < -0.3 is 15.2 Å². The molecule has 0 aromatic heterocycles. The van der Waals surface area contributed by atoms with Gasteiger partial charge in [-0.1, -0.05) is 74.5 Å². The third kappa shape index (κ3) is 7.36. The second-order valence-electron chi connectivity index (χ2n) is 11.7. The fourth-order valence-corrected chi connectivity index (χ4v) is 4.44. The first-order valence-corrected chi connectivity index (χ1v) is 11.4. The number of allylic oxidation sites excluding steroid dienone is 2. The number of ether oxygens (including phenoxy) is 1. The van der Waals surface area contributed by atoms with Crippen molar-refractivity contribution in [3.05, 3.63) is 12.2 Å². The second kappa shape index (κ2) is 10.2. The number of esters is 1. The van der Waals surface area contributed by atoms with Gasteiger partial charge in [0.2, 0.25) is 5.91 Å². The number of amides is 1. The van der Waals surface area contributed by atoms with E-state index in [4.69, 9.17) is 4.74 Å². The maximum atomic E-state index is 13.1. The van der Waals surface area contributed by atoms with E-state index in [9.17, 15) is 19.5 Å². The molecule has 1 aliphatic carbocycles. The van der Waals surface area contributed by atoms with Crippen molar-refractivity contribution in [2.75, 3.05) is 13.2 Å². The average Bonchev–Trinajstić information content (AvgIpc) is 3.01. The minimum atomic E-state index is -1.01. The van der Waals surface area contributed by atoms with E-state index >= 15 is 0 Å². The van der Waals surface area contributed by atoms with Gasteiger partial charge in [-0.15, -0.1) is 0 Å². The molecule has 6 heteroatoms. The van der Waals surface area contributed by atoms with Crippen LogP contribution in [0.3, 0.4) is 0 Å². The Morgan fingerprint density at radius 3 is 2.10 bits per heavy atom. The summed E-state index contributed by atoms with van der Waals surface area (Å²) in [4.78, 5) is 37.3. The van der Waals surface area contributed by atoms with E-state index in [-0.39, 0.29) is 35.8 Å². The Labute approximate surface area is 188 Å². The van der Waals surface area contributed by atoms with Crippen molar-refractivity contribution in [2.24, 2.45) is 39.9 Å². The highest BCUT2D eigenvalue weighted by atomic mass is 16.5. The number of nitrogens with one attached hydrogen (secondary N) is 1. The molecule has 6 nitrogen and oxygen atoms in total. The summed E-state index contributed by atoms with van der Waals surface area (Å²) in [5.74, 6) is -2.97. The number of hydrogen-bond donors (Lipinski definition) is 2. The van der Waals surface area contributed by atoms with Crippen LogP contribution in [0.25, 0.3) is 0 Å². The lowest BCUT2D eigenvalue weighted by Crippen LogP contribution is -2.49. The second-order valence-corrected chi connectivity index (χ2v) is 11.7. The molecule has 1 aliphatic rings. The SMILES string of the molecule is CC1C=CC(C(C(=O)OCCNC(=O)C(C)(CC(C)(C)C)C(C)(C)C)C(C)C(=O)O)C1. The summed E-state index contributed by atoms with van der Waals surface area (Å²) < 4.78 is 5.42. The topological polar surface area (TPSA) is 92.7 Å². The predicted molar refractivity (Wildman–Crippen MR) is 122 cm³/mol. The van der Waals surface area contributed by atoms with Gasteiger partial charge in [0, 0.05) is 0 Å². The zero-order chi connectivity index (χ0) is 24.2. The van der Waals surface area contributed by atoms with Crippen molar-refractivity contribution in [1.82, 2.24) is 5.32 Å². The lowest BCUT2D eigenvalue weighted by Gasteiger charge is -2.44. The van der Waals surface area contributed by atoms with Gasteiger partial charge in [0.25, 0.3) is 0 Å². The number of carboxylic acids is 1. The first kappa shape index (κ1) is 27.2. The van der Waals surface area contributed by atoms with Crippen LogP contribution in [0.5, 0.6) is 0 Å². The molecule has 0 heterocycles.